The molecule has 6 heteroatoms. The Kier molecular flexibility index (Phi) is 9.60. The van der Waals surface area contributed by atoms with Gasteiger partial charge in [0.05, 0.1) is 13.0 Å². The maximum Gasteiger partial charge on any atom is 0.307 e. The number of hydrogen-bond acceptors (Lipinski definition) is 6. The van der Waals surface area contributed by atoms with Crippen LogP contribution in [0.2, 0.25) is 0 Å². The lowest BCUT2D eigenvalue weighted by atomic mass is 9.84. The first-order valence-electron chi connectivity index (χ1n) is 11.5. The lowest BCUT2D eigenvalue weighted by Crippen LogP contribution is -2.25. The summed E-state index contributed by atoms with van der Waals surface area (Å²) in [5.74, 6) is 2.37. The van der Waals surface area contributed by atoms with Crippen LogP contribution in [-0.2, 0) is 16.1 Å². The van der Waals surface area contributed by atoms with E-state index in [2.05, 4.69) is 29.3 Å². The fraction of sp³-hybridized carbons (Fsp3) is 0.870. The van der Waals surface area contributed by atoms with Crippen molar-refractivity contribution in [2.75, 3.05) is 6.54 Å². The van der Waals surface area contributed by atoms with Crippen molar-refractivity contribution in [1.82, 2.24) is 15.5 Å². The van der Waals surface area contributed by atoms with Gasteiger partial charge >= 0.3 is 5.97 Å². The third-order valence-electron chi connectivity index (χ3n) is 5.39. The number of aromatic nitrogens is 2. The topological polar surface area (TPSA) is 77.2 Å². The van der Waals surface area contributed by atoms with Crippen LogP contribution < -0.4 is 5.32 Å². The number of carbonyl (C=O) groups excluding carboxylic acids is 1. The van der Waals surface area contributed by atoms with E-state index in [0.717, 1.165) is 25.3 Å². The molecule has 2 rings (SSSR count). The average Bonchev–Trinajstić information content (AvgIpc) is 3.09. The highest BCUT2D eigenvalue weighted by Crippen LogP contribution is 2.31. The Labute approximate surface area is 176 Å². The molecule has 1 fully saturated rings. The summed E-state index contributed by atoms with van der Waals surface area (Å²) >= 11 is 0. The van der Waals surface area contributed by atoms with Crippen LogP contribution in [0.5, 0.6) is 0 Å². The largest absolute Gasteiger partial charge is 0.460 e. The van der Waals surface area contributed by atoms with Crippen molar-refractivity contribution in [3.63, 3.8) is 0 Å². The normalized spacial score (nSPS) is 16.9. The second-order valence-corrected chi connectivity index (χ2v) is 10.00. The molecule has 0 aromatic carbocycles. The van der Waals surface area contributed by atoms with Crippen molar-refractivity contribution < 1.29 is 14.1 Å². The Hall–Kier alpha value is -1.43. The standard InChI is InChI=1S/C23H41N3O3/c1-17(2)15-24-16-20-25-22(29-26-20)19(14-21(27)28-23(3,4)5)13-9-12-18-10-7-6-8-11-18/h17-19,24H,6-16H2,1-5H3. The van der Waals surface area contributed by atoms with Gasteiger partial charge in [0.25, 0.3) is 0 Å². The second-order valence-electron chi connectivity index (χ2n) is 10.00. The smallest absolute Gasteiger partial charge is 0.307 e. The van der Waals surface area contributed by atoms with Crippen molar-refractivity contribution >= 4 is 5.97 Å². The zero-order chi connectivity index (χ0) is 21.3. The molecule has 1 heterocycles. The molecule has 1 saturated carbocycles. The molecule has 1 aliphatic rings. The molecule has 0 radical (unpaired) electrons. The van der Waals surface area contributed by atoms with E-state index in [-0.39, 0.29) is 11.9 Å². The number of ether oxygens (including phenoxy) is 1. The van der Waals surface area contributed by atoms with E-state index in [1.165, 1.54) is 38.5 Å². The van der Waals surface area contributed by atoms with Crippen molar-refractivity contribution in [3.8, 4) is 0 Å². The first kappa shape index (κ1) is 23.8. The molecule has 0 aliphatic heterocycles. The summed E-state index contributed by atoms with van der Waals surface area (Å²) < 4.78 is 11.1. The molecule has 29 heavy (non-hydrogen) atoms. The summed E-state index contributed by atoms with van der Waals surface area (Å²) in [5, 5.41) is 7.45. The highest BCUT2D eigenvalue weighted by Gasteiger charge is 2.26. The third-order valence-corrected chi connectivity index (χ3v) is 5.39. The fourth-order valence-corrected chi connectivity index (χ4v) is 4.00. The maximum absolute atomic E-state index is 12.4. The average molecular weight is 408 g/mol. The van der Waals surface area contributed by atoms with E-state index in [0.29, 0.717) is 30.6 Å². The Bertz CT molecular complexity index is 601. The van der Waals surface area contributed by atoms with Gasteiger partial charge in [-0.3, -0.25) is 4.79 Å². The molecular formula is C23H41N3O3. The molecular weight excluding hydrogens is 366 g/mol. The van der Waals surface area contributed by atoms with E-state index in [1.807, 2.05) is 20.8 Å². The summed E-state index contributed by atoms with van der Waals surface area (Å²) in [5.41, 5.74) is -0.482. The van der Waals surface area contributed by atoms with Gasteiger partial charge in [-0.15, -0.1) is 0 Å². The summed E-state index contributed by atoms with van der Waals surface area (Å²) in [4.78, 5) is 17.0. The minimum Gasteiger partial charge on any atom is -0.460 e. The lowest BCUT2D eigenvalue weighted by molar-refractivity contribution is -0.155. The summed E-state index contributed by atoms with van der Waals surface area (Å²) in [6.45, 7) is 11.5. The summed E-state index contributed by atoms with van der Waals surface area (Å²) in [6.07, 6.45) is 10.3. The highest BCUT2D eigenvalue weighted by atomic mass is 16.6. The van der Waals surface area contributed by atoms with Crippen LogP contribution in [0.4, 0.5) is 0 Å². The minimum atomic E-state index is -0.482. The van der Waals surface area contributed by atoms with Crippen molar-refractivity contribution in [3.05, 3.63) is 11.7 Å². The van der Waals surface area contributed by atoms with Crippen LogP contribution in [0, 0.1) is 11.8 Å². The van der Waals surface area contributed by atoms with Gasteiger partial charge in [-0.05, 0) is 45.6 Å². The monoisotopic (exact) mass is 407 g/mol. The van der Waals surface area contributed by atoms with Gasteiger partial charge in [0.15, 0.2) is 5.82 Å². The Morgan fingerprint density at radius 1 is 1.24 bits per heavy atom. The Balaban J connectivity index is 1.93. The molecule has 1 aromatic heterocycles. The lowest BCUT2D eigenvalue weighted by Gasteiger charge is -2.23. The van der Waals surface area contributed by atoms with Gasteiger partial charge in [0.2, 0.25) is 5.89 Å². The quantitative estimate of drug-likeness (QED) is 0.496. The SMILES string of the molecule is CC(C)CNCc1noc(C(CCCC2CCCCC2)CC(=O)OC(C)(C)C)n1. The molecule has 1 unspecified atom stereocenters. The van der Waals surface area contributed by atoms with Crippen LogP contribution in [0.3, 0.4) is 0 Å². The molecule has 166 valence electrons. The van der Waals surface area contributed by atoms with Gasteiger partial charge in [0, 0.05) is 5.92 Å². The Morgan fingerprint density at radius 2 is 1.97 bits per heavy atom. The van der Waals surface area contributed by atoms with Crippen LogP contribution in [0.25, 0.3) is 0 Å². The molecule has 6 nitrogen and oxygen atoms in total. The molecule has 0 spiro atoms. The number of hydrogen-bond donors (Lipinski definition) is 1. The van der Waals surface area contributed by atoms with Gasteiger partial charge in [-0.25, -0.2) is 0 Å². The summed E-state index contributed by atoms with van der Waals surface area (Å²) in [6, 6.07) is 0. The molecule has 0 amide bonds. The molecule has 1 aromatic rings. The van der Waals surface area contributed by atoms with Crippen LogP contribution >= 0.6 is 0 Å². The molecule has 0 saturated heterocycles. The van der Waals surface area contributed by atoms with Crippen LogP contribution in [0.15, 0.2) is 4.52 Å². The van der Waals surface area contributed by atoms with E-state index in [4.69, 9.17) is 9.26 Å². The van der Waals surface area contributed by atoms with E-state index in [1.54, 1.807) is 0 Å². The highest BCUT2D eigenvalue weighted by molar-refractivity contribution is 5.70. The maximum atomic E-state index is 12.4. The van der Waals surface area contributed by atoms with Crippen molar-refractivity contribution in [2.45, 2.75) is 110 Å². The van der Waals surface area contributed by atoms with Crippen molar-refractivity contribution in [1.29, 1.82) is 0 Å². The van der Waals surface area contributed by atoms with Crippen molar-refractivity contribution in [2.24, 2.45) is 11.8 Å². The second kappa shape index (κ2) is 11.7. The molecule has 1 aliphatic carbocycles. The van der Waals surface area contributed by atoms with Gasteiger partial charge in [0.1, 0.15) is 5.60 Å². The van der Waals surface area contributed by atoms with Crippen LogP contribution in [0.1, 0.15) is 110 Å². The third kappa shape index (κ3) is 9.75. The predicted octanol–water partition coefficient (Wildman–Crippen LogP) is 5.38. The summed E-state index contributed by atoms with van der Waals surface area (Å²) in [7, 11) is 0. The zero-order valence-corrected chi connectivity index (χ0v) is 19.1. The Morgan fingerprint density at radius 3 is 2.62 bits per heavy atom. The number of carbonyl (C=O) groups is 1. The first-order chi connectivity index (χ1) is 13.7. The number of nitrogens with zero attached hydrogens (tertiary/aromatic N) is 2. The van der Waals surface area contributed by atoms with E-state index in [9.17, 15) is 4.79 Å². The van der Waals surface area contributed by atoms with E-state index < -0.39 is 5.60 Å². The van der Waals surface area contributed by atoms with Gasteiger partial charge in [-0.1, -0.05) is 63.9 Å². The van der Waals surface area contributed by atoms with Gasteiger partial charge in [-0.2, -0.15) is 4.98 Å². The zero-order valence-electron chi connectivity index (χ0n) is 19.1. The first-order valence-corrected chi connectivity index (χ1v) is 11.5. The predicted molar refractivity (Wildman–Crippen MR) is 114 cm³/mol. The minimum absolute atomic E-state index is 0.0696. The number of rotatable bonds is 11. The van der Waals surface area contributed by atoms with E-state index >= 15 is 0 Å². The molecule has 1 atom stereocenters. The molecule has 1 N–H and O–H groups in total. The number of nitrogens with one attached hydrogen (secondary N) is 1. The van der Waals surface area contributed by atoms with Crippen LogP contribution in [-0.4, -0.2) is 28.3 Å². The fourth-order valence-electron chi connectivity index (χ4n) is 4.00. The molecule has 0 bridgehead atoms. The van der Waals surface area contributed by atoms with Gasteiger partial charge < -0.3 is 14.6 Å². The number of esters is 1.